The van der Waals surface area contributed by atoms with E-state index in [2.05, 4.69) is 4.90 Å². The van der Waals surface area contributed by atoms with Crippen LogP contribution in [0.5, 0.6) is 0 Å². The molecule has 1 N–H and O–H groups in total. The largest absolute Gasteiger partial charge is 0.396 e. The molecule has 0 unspecified atom stereocenters. The molecule has 0 bridgehead atoms. The Morgan fingerprint density at radius 3 is 2.55 bits per heavy atom. The number of piperidine rings is 1. The fourth-order valence-electron chi connectivity index (χ4n) is 2.61. The van der Waals surface area contributed by atoms with E-state index >= 15 is 0 Å². The number of carbonyl (C=O) groups excluding carboxylic acids is 1. The lowest BCUT2D eigenvalue weighted by Gasteiger charge is -2.31. The van der Waals surface area contributed by atoms with Crippen LogP contribution in [-0.2, 0) is 4.79 Å². The van der Waals surface area contributed by atoms with E-state index < -0.39 is 0 Å². The van der Waals surface area contributed by atoms with Crippen LogP contribution >= 0.6 is 0 Å². The van der Waals surface area contributed by atoms with Crippen molar-refractivity contribution >= 4 is 11.6 Å². The average molecular weight is 276 g/mol. The van der Waals surface area contributed by atoms with Crippen LogP contribution in [0.25, 0.3) is 0 Å². The summed E-state index contributed by atoms with van der Waals surface area (Å²) in [5.41, 5.74) is 0.941. The molecule has 1 aliphatic heterocycles. The molecule has 1 fully saturated rings. The smallest absolute Gasteiger partial charge is 0.228 e. The van der Waals surface area contributed by atoms with Crippen LogP contribution in [0.4, 0.5) is 5.69 Å². The zero-order valence-electron chi connectivity index (χ0n) is 12.2. The van der Waals surface area contributed by atoms with Crippen LogP contribution in [0.15, 0.2) is 30.3 Å². The van der Waals surface area contributed by atoms with Crippen LogP contribution in [0, 0.1) is 5.92 Å². The number of carbonyl (C=O) groups is 1. The molecular formula is C16H24N2O2. The number of aliphatic hydroxyl groups is 1. The molecule has 1 aromatic rings. The summed E-state index contributed by atoms with van der Waals surface area (Å²) in [5, 5.41) is 9.11. The van der Waals surface area contributed by atoms with Gasteiger partial charge in [0, 0.05) is 32.3 Å². The maximum Gasteiger partial charge on any atom is 0.228 e. The number of nitrogens with zero attached hydrogens (tertiary/aromatic N) is 2. The Kier molecular flexibility index (Phi) is 5.56. The van der Waals surface area contributed by atoms with Gasteiger partial charge in [0.05, 0.1) is 0 Å². The number of likely N-dealkylation sites (tertiary alicyclic amines) is 1. The highest BCUT2D eigenvalue weighted by Gasteiger charge is 2.19. The van der Waals surface area contributed by atoms with E-state index in [1.54, 1.807) is 4.90 Å². The average Bonchev–Trinajstić information content (AvgIpc) is 2.53. The molecule has 4 nitrogen and oxygen atoms in total. The quantitative estimate of drug-likeness (QED) is 0.891. The summed E-state index contributed by atoms with van der Waals surface area (Å²) in [4.78, 5) is 16.2. The minimum atomic E-state index is 0.153. The van der Waals surface area contributed by atoms with Gasteiger partial charge in [-0.1, -0.05) is 18.2 Å². The maximum absolute atomic E-state index is 12.2. The van der Waals surface area contributed by atoms with Crippen molar-refractivity contribution in [3.05, 3.63) is 30.3 Å². The Morgan fingerprint density at radius 2 is 1.95 bits per heavy atom. The van der Waals surface area contributed by atoms with Gasteiger partial charge in [-0.25, -0.2) is 0 Å². The molecule has 1 amide bonds. The van der Waals surface area contributed by atoms with Gasteiger partial charge in [-0.15, -0.1) is 0 Å². The number of rotatable bonds is 5. The lowest BCUT2D eigenvalue weighted by molar-refractivity contribution is -0.118. The van der Waals surface area contributed by atoms with Crippen molar-refractivity contribution in [2.24, 2.45) is 5.92 Å². The summed E-state index contributed by atoms with van der Waals surface area (Å²) in [6, 6.07) is 9.74. The summed E-state index contributed by atoms with van der Waals surface area (Å²) < 4.78 is 0. The lowest BCUT2D eigenvalue weighted by Crippen LogP contribution is -2.37. The van der Waals surface area contributed by atoms with Crippen LogP contribution in [0.1, 0.15) is 19.3 Å². The van der Waals surface area contributed by atoms with Crippen molar-refractivity contribution in [2.45, 2.75) is 19.3 Å². The van der Waals surface area contributed by atoms with Gasteiger partial charge < -0.3 is 14.9 Å². The Labute approximate surface area is 121 Å². The molecule has 0 spiro atoms. The summed E-state index contributed by atoms with van der Waals surface area (Å²) in [7, 11) is 1.83. The highest BCUT2D eigenvalue weighted by Crippen LogP contribution is 2.17. The molecule has 0 aliphatic carbocycles. The highest BCUT2D eigenvalue weighted by molar-refractivity contribution is 5.92. The normalized spacial score (nSPS) is 17.1. The van der Waals surface area contributed by atoms with E-state index in [-0.39, 0.29) is 5.91 Å². The molecule has 1 saturated heterocycles. The Bertz CT molecular complexity index is 414. The molecule has 2 rings (SSSR count). The van der Waals surface area contributed by atoms with Gasteiger partial charge in [-0.2, -0.15) is 0 Å². The monoisotopic (exact) mass is 276 g/mol. The molecule has 20 heavy (non-hydrogen) atoms. The third-order valence-corrected chi connectivity index (χ3v) is 4.12. The number of hydrogen-bond donors (Lipinski definition) is 1. The van der Waals surface area contributed by atoms with E-state index in [9.17, 15) is 4.79 Å². The summed E-state index contributed by atoms with van der Waals surface area (Å²) in [6.45, 7) is 3.10. The SMILES string of the molecule is CN(C(=O)CCN1CCC(CO)CC1)c1ccccc1. The minimum absolute atomic E-state index is 0.153. The summed E-state index contributed by atoms with van der Waals surface area (Å²) in [5.74, 6) is 0.606. The summed E-state index contributed by atoms with van der Waals surface area (Å²) in [6.07, 6.45) is 2.63. The summed E-state index contributed by atoms with van der Waals surface area (Å²) >= 11 is 0. The molecule has 1 aliphatic rings. The second-order valence-electron chi connectivity index (χ2n) is 5.51. The fraction of sp³-hybridized carbons (Fsp3) is 0.562. The molecule has 4 heteroatoms. The predicted molar refractivity (Wildman–Crippen MR) is 80.7 cm³/mol. The zero-order valence-corrected chi connectivity index (χ0v) is 12.2. The molecule has 1 heterocycles. The van der Waals surface area contributed by atoms with Gasteiger partial charge in [0.15, 0.2) is 0 Å². The number of anilines is 1. The molecule has 0 radical (unpaired) electrons. The van der Waals surface area contributed by atoms with E-state index in [0.29, 0.717) is 18.9 Å². The zero-order chi connectivity index (χ0) is 14.4. The third-order valence-electron chi connectivity index (χ3n) is 4.12. The van der Waals surface area contributed by atoms with Crippen molar-refractivity contribution in [3.63, 3.8) is 0 Å². The van der Waals surface area contributed by atoms with E-state index in [0.717, 1.165) is 38.2 Å². The third kappa shape index (κ3) is 4.05. The van der Waals surface area contributed by atoms with Gasteiger partial charge >= 0.3 is 0 Å². The van der Waals surface area contributed by atoms with E-state index in [1.165, 1.54) is 0 Å². The topological polar surface area (TPSA) is 43.8 Å². The molecule has 110 valence electrons. The molecule has 0 aromatic heterocycles. The predicted octanol–water partition coefficient (Wildman–Crippen LogP) is 1.74. The van der Waals surface area contributed by atoms with Crippen molar-refractivity contribution in [1.82, 2.24) is 4.90 Å². The molecule has 1 aromatic carbocycles. The first kappa shape index (κ1) is 15.0. The van der Waals surface area contributed by atoms with Crippen LogP contribution < -0.4 is 4.90 Å². The minimum Gasteiger partial charge on any atom is -0.396 e. The molecule has 0 saturated carbocycles. The molecular weight excluding hydrogens is 252 g/mol. The first-order valence-corrected chi connectivity index (χ1v) is 7.35. The number of aliphatic hydroxyl groups excluding tert-OH is 1. The van der Waals surface area contributed by atoms with Crippen molar-refractivity contribution in [1.29, 1.82) is 0 Å². The Morgan fingerprint density at radius 1 is 1.30 bits per heavy atom. The first-order valence-electron chi connectivity index (χ1n) is 7.35. The highest BCUT2D eigenvalue weighted by atomic mass is 16.3. The number of hydrogen-bond acceptors (Lipinski definition) is 3. The fourth-order valence-corrected chi connectivity index (χ4v) is 2.61. The Hall–Kier alpha value is -1.39. The van der Waals surface area contributed by atoms with Gasteiger partial charge in [0.2, 0.25) is 5.91 Å². The van der Waals surface area contributed by atoms with Crippen LogP contribution in [0.2, 0.25) is 0 Å². The van der Waals surface area contributed by atoms with Crippen molar-refractivity contribution in [3.8, 4) is 0 Å². The lowest BCUT2D eigenvalue weighted by atomic mass is 9.98. The standard InChI is InChI=1S/C16H24N2O2/c1-17(15-5-3-2-4-6-15)16(20)9-12-18-10-7-14(13-19)8-11-18/h2-6,14,19H,7-13H2,1H3. The second kappa shape index (κ2) is 7.41. The Balaban J connectivity index is 1.75. The van der Waals surface area contributed by atoms with Gasteiger partial charge in [0.25, 0.3) is 0 Å². The van der Waals surface area contributed by atoms with Crippen LogP contribution in [-0.4, -0.2) is 49.2 Å². The van der Waals surface area contributed by atoms with Gasteiger partial charge in [-0.05, 0) is 44.0 Å². The maximum atomic E-state index is 12.2. The first-order chi connectivity index (χ1) is 9.70. The number of para-hydroxylation sites is 1. The number of benzene rings is 1. The van der Waals surface area contributed by atoms with E-state index in [4.69, 9.17) is 5.11 Å². The second-order valence-corrected chi connectivity index (χ2v) is 5.51. The van der Waals surface area contributed by atoms with Crippen molar-refractivity contribution < 1.29 is 9.90 Å². The van der Waals surface area contributed by atoms with Crippen molar-refractivity contribution in [2.75, 3.05) is 38.2 Å². The number of amides is 1. The van der Waals surface area contributed by atoms with E-state index in [1.807, 2.05) is 37.4 Å². The van der Waals surface area contributed by atoms with Gasteiger partial charge in [0.1, 0.15) is 0 Å². The van der Waals surface area contributed by atoms with Crippen LogP contribution in [0.3, 0.4) is 0 Å². The molecule has 0 atom stereocenters. The van der Waals surface area contributed by atoms with Gasteiger partial charge in [-0.3, -0.25) is 4.79 Å².